The maximum atomic E-state index is 12.1. The fourth-order valence-electron chi connectivity index (χ4n) is 3.81. The van der Waals surface area contributed by atoms with Crippen molar-refractivity contribution in [3.05, 3.63) is 29.8 Å². The molecule has 2 fully saturated rings. The average Bonchev–Trinajstić information content (AvgIpc) is 2.60. The lowest BCUT2D eigenvalue weighted by molar-refractivity contribution is -0.134. The second-order valence-corrected chi connectivity index (χ2v) is 6.89. The number of rotatable bonds is 5. The Bertz CT molecular complexity index is 594. The van der Waals surface area contributed by atoms with E-state index in [9.17, 15) is 9.59 Å². The van der Waals surface area contributed by atoms with Crippen LogP contribution in [0.25, 0.3) is 0 Å². The van der Waals surface area contributed by atoms with Gasteiger partial charge in [-0.1, -0.05) is 12.1 Å². The number of nitrogens with one attached hydrogen (secondary N) is 1. The van der Waals surface area contributed by atoms with Crippen molar-refractivity contribution in [2.45, 2.75) is 44.4 Å². The van der Waals surface area contributed by atoms with Gasteiger partial charge in [0.25, 0.3) is 0 Å². The molecule has 2 heterocycles. The SMILES string of the molecule is O=C1CCC(c2cccc(N3CCC(CCCO)CC3)c2)C(=O)N1. The maximum absolute atomic E-state index is 12.1. The monoisotopic (exact) mass is 330 g/mol. The van der Waals surface area contributed by atoms with E-state index in [0.717, 1.165) is 50.0 Å². The van der Waals surface area contributed by atoms with Crippen LogP contribution in [0.4, 0.5) is 5.69 Å². The Hall–Kier alpha value is -1.88. The highest BCUT2D eigenvalue weighted by molar-refractivity contribution is 6.01. The summed E-state index contributed by atoms with van der Waals surface area (Å²) >= 11 is 0. The number of aliphatic hydroxyl groups is 1. The van der Waals surface area contributed by atoms with Gasteiger partial charge in [-0.15, -0.1) is 0 Å². The molecule has 2 amide bonds. The number of hydrogen-bond donors (Lipinski definition) is 2. The fraction of sp³-hybridized carbons (Fsp3) is 0.579. The minimum Gasteiger partial charge on any atom is -0.396 e. The number of nitrogens with zero attached hydrogens (tertiary/aromatic N) is 1. The van der Waals surface area contributed by atoms with Crippen LogP contribution in [0.5, 0.6) is 0 Å². The molecule has 5 heteroatoms. The summed E-state index contributed by atoms with van der Waals surface area (Å²) < 4.78 is 0. The van der Waals surface area contributed by atoms with Crippen LogP contribution >= 0.6 is 0 Å². The molecule has 0 spiro atoms. The van der Waals surface area contributed by atoms with E-state index < -0.39 is 0 Å². The Morgan fingerprint density at radius 3 is 2.67 bits per heavy atom. The van der Waals surface area contributed by atoms with Crippen LogP contribution in [0.2, 0.25) is 0 Å². The van der Waals surface area contributed by atoms with Crippen LogP contribution in [0, 0.1) is 5.92 Å². The van der Waals surface area contributed by atoms with E-state index in [1.165, 1.54) is 0 Å². The fourth-order valence-corrected chi connectivity index (χ4v) is 3.81. The van der Waals surface area contributed by atoms with Gasteiger partial charge in [0, 0.05) is 31.8 Å². The van der Waals surface area contributed by atoms with Crippen molar-refractivity contribution >= 4 is 17.5 Å². The number of hydrogen-bond acceptors (Lipinski definition) is 4. The van der Waals surface area contributed by atoms with Crippen molar-refractivity contribution in [3.8, 4) is 0 Å². The topological polar surface area (TPSA) is 69.6 Å². The maximum Gasteiger partial charge on any atom is 0.234 e. The van der Waals surface area contributed by atoms with Crippen LogP contribution in [0.1, 0.15) is 50.0 Å². The summed E-state index contributed by atoms with van der Waals surface area (Å²) in [4.78, 5) is 25.8. The lowest BCUT2D eigenvalue weighted by Crippen LogP contribution is -2.39. The molecule has 3 rings (SSSR count). The number of carbonyl (C=O) groups excluding carboxylic acids is 2. The molecule has 1 aromatic rings. The second kappa shape index (κ2) is 7.79. The van der Waals surface area contributed by atoms with E-state index in [2.05, 4.69) is 22.3 Å². The Morgan fingerprint density at radius 2 is 1.96 bits per heavy atom. The minimum atomic E-state index is -0.218. The molecule has 1 aromatic carbocycles. The third kappa shape index (κ3) is 3.96. The molecule has 0 saturated carbocycles. The summed E-state index contributed by atoms with van der Waals surface area (Å²) in [5.74, 6) is 0.153. The Morgan fingerprint density at radius 1 is 1.17 bits per heavy atom. The van der Waals surface area contributed by atoms with E-state index in [4.69, 9.17) is 5.11 Å². The van der Waals surface area contributed by atoms with E-state index in [1.54, 1.807) is 0 Å². The highest BCUT2D eigenvalue weighted by Gasteiger charge is 2.28. The highest BCUT2D eigenvalue weighted by atomic mass is 16.3. The summed E-state index contributed by atoms with van der Waals surface area (Å²) in [6, 6.07) is 8.20. The third-order valence-corrected chi connectivity index (χ3v) is 5.26. The molecule has 2 aliphatic heterocycles. The Kier molecular flexibility index (Phi) is 5.51. The molecule has 5 nitrogen and oxygen atoms in total. The van der Waals surface area contributed by atoms with Gasteiger partial charge in [-0.25, -0.2) is 0 Å². The van der Waals surface area contributed by atoms with Crippen LogP contribution in [0.15, 0.2) is 24.3 Å². The minimum absolute atomic E-state index is 0.169. The predicted molar refractivity (Wildman–Crippen MR) is 92.8 cm³/mol. The first-order chi connectivity index (χ1) is 11.7. The summed E-state index contributed by atoms with van der Waals surface area (Å²) in [5, 5.41) is 11.4. The average molecular weight is 330 g/mol. The predicted octanol–water partition coefficient (Wildman–Crippen LogP) is 2.20. The summed E-state index contributed by atoms with van der Waals surface area (Å²) in [7, 11) is 0. The molecular weight excluding hydrogens is 304 g/mol. The summed E-state index contributed by atoms with van der Waals surface area (Å²) in [6.07, 6.45) is 5.33. The van der Waals surface area contributed by atoms with Crippen molar-refractivity contribution in [1.29, 1.82) is 0 Å². The first kappa shape index (κ1) is 17.0. The Labute approximate surface area is 143 Å². The molecule has 130 valence electrons. The molecule has 24 heavy (non-hydrogen) atoms. The van der Waals surface area contributed by atoms with Crippen LogP contribution in [-0.4, -0.2) is 36.6 Å². The largest absolute Gasteiger partial charge is 0.396 e. The first-order valence-electron chi connectivity index (χ1n) is 8.97. The van der Waals surface area contributed by atoms with Gasteiger partial charge in [-0.05, 0) is 55.7 Å². The van der Waals surface area contributed by atoms with E-state index >= 15 is 0 Å². The zero-order valence-corrected chi connectivity index (χ0v) is 14.0. The van der Waals surface area contributed by atoms with Gasteiger partial charge in [0.2, 0.25) is 11.8 Å². The third-order valence-electron chi connectivity index (χ3n) is 5.26. The van der Waals surface area contributed by atoms with Gasteiger partial charge in [-0.3, -0.25) is 14.9 Å². The molecule has 0 bridgehead atoms. The van der Waals surface area contributed by atoms with Gasteiger partial charge in [0.05, 0.1) is 5.92 Å². The second-order valence-electron chi connectivity index (χ2n) is 6.89. The zero-order valence-electron chi connectivity index (χ0n) is 14.0. The zero-order chi connectivity index (χ0) is 16.9. The molecule has 2 aliphatic rings. The summed E-state index contributed by atoms with van der Waals surface area (Å²) in [6.45, 7) is 2.33. The molecule has 0 radical (unpaired) electrons. The number of benzene rings is 1. The number of imide groups is 1. The molecule has 0 aromatic heterocycles. The highest BCUT2D eigenvalue weighted by Crippen LogP contribution is 2.30. The van der Waals surface area contributed by atoms with E-state index in [-0.39, 0.29) is 24.3 Å². The van der Waals surface area contributed by atoms with Gasteiger partial charge in [0.1, 0.15) is 0 Å². The van der Waals surface area contributed by atoms with E-state index in [0.29, 0.717) is 18.8 Å². The van der Waals surface area contributed by atoms with E-state index in [1.807, 2.05) is 12.1 Å². The lowest BCUT2D eigenvalue weighted by Gasteiger charge is -2.34. The Balaban J connectivity index is 1.64. The van der Waals surface area contributed by atoms with Crippen LogP contribution in [-0.2, 0) is 9.59 Å². The van der Waals surface area contributed by atoms with Gasteiger partial charge in [0.15, 0.2) is 0 Å². The molecule has 0 aliphatic carbocycles. The van der Waals surface area contributed by atoms with Gasteiger partial charge in [-0.2, -0.15) is 0 Å². The molecule has 2 N–H and O–H groups in total. The first-order valence-corrected chi connectivity index (χ1v) is 8.97. The normalized spacial score (nSPS) is 22.5. The smallest absolute Gasteiger partial charge is 0.234 e. The quantitative estimate of drug-likeness (QED) is 0.812. The number of amides is 2. The molecular formula is C19H26N2O3. The van der Waals surface area contributed by atoms with Crippen molar-refractivity contribution in [1.82, 2.24) is 5.32 Å². The standard InChI is InChI=1S/C19H26N2O3/c22-12-2-3-14-8-10-21(11-9-14)16-5-1-4-15(13-16)17-6-7-18(23)20-19(17)24/h1,4-5,13-14,17,22H,2-3,6-12H2,(H,20,23,24). The molecule has 2 saturated heterocycles. The lowest BCUT2D eigenvalue weighted by atomic mass is 9.89. The van der Waals surface area contributed by atoms with Gasteiger partial charge >= 0.3 is 0 Å². The number of aliphatic hydroxyl groups excluding tert-OH is 1. The van der Waals surface area contributed by atoms with Crippen LogP contribution in [0.3, 0.4) is 0 Å². The van der Waals surface area contributed by atoms with Crippen molar-refractivity contribution < 1.29 is 14.7 Å². The summed E-state index contributed by atoms with van der Waals surface area (Å²) in [5.41, 5.74) is 2.16. The molecule has 1 unspecified atom stereocenters. The number of piperidine rings is 2. The number of carbonyl (C=O) groups is 2. The van der Waals surface area contributed by atoms with Gasteiger partial charge < -0.3 is 10.0 Å². The number of anilines is 1. The van der Waals surface area contributed by atoms with Crippen molar-refractivity contribution in [3.63, 3.8) is 0 Å². The molecule has 1 atom stereocenters. The van der Waals surface area contributed by atoms with Crippen LogP contribution < -0.4 is 10.2 Å². The van der Waals surface area contributed by atoms with Crippen molar-refractivity contribution in [2.75, 3.05) is 24.6 Å². The van der Waals surface area contributed by atoms with Crippen molar-refractivity contribution in [2.24, 2.45) is 5.92 Å².